The van der Waals surface area contributed by atoms with E-state index in [1.165, 1.54) is 18.6 Å². The van der Waals surface area contributed by atoms with Crippen LogP contribution in [0.3, 0.4) is 0 Å². The molecule has 0 spiro atoms. The molecule has 1 saturated carbocycles. The first-order chi connectivity index (χ1) is 12.6. The van der Waals surface area contributed by atoms with Crippen LogP contribution in [-0.2, 0) is 4.84 Å². The zero-order valence-electron chi connectivity index (χ0n) is 13.6. The molecule has 1 aliphatic carbocycles. The molecule has 1 aliphatic rings. The number of anilines is 2. The van der Waals surface area contributed by atoms with E-state index in [0.29, 0.717) is 28.3 Å². The summed E-state index contributed by atoms with van der Waals surface area (Å²) >= 11 is 3.22. The van der Waals surface area contributed by atoms with Crippen molar-refractivity contribution in [3.8, 4) is 0 Å². The molecule has 3 aromatic rings. The Morgan fingerprint density at radius 1 is 1.38 bits per heavy atom. The van der Waals surface area contributed by atoms with Gasteiger partial charge < -0.3 is 5.32 Å². The minimum Gasteiger partial charge on any atom is -0.337 e. The van der Waals surface area contributed by atoms with Crippen molar-refractivity contribution in [2.24, 2.45) is 5.92 Å². The van der Waals surface area contributed by atoms with Crippen LogP contribution in [0, 0.1) is 11.7 Å². The highest BCUT2D eigenvalue weighted by Gasteiger charge is 2.23. The lowest BCUT2D eigenvalue weighted by molar-refractivity contribution is 0.0266. The van der Waals surface area contributed by atoms with E-state index in [1.807, 2.05) is 0 Å². The second-order valence-corrected chi connectivity index (χ2v) is 6.99. The number of hydrogen-bond acceptors (Lipinski definition) is 5. The molecule has 4 rings (SSSR count). The van der Waals surface area contributed by atoms with E-state index in [4.69, 9.17) is 4.84 Å². The third-order valence-electron chi connectivity index (χ3n) is 4.04. The van der Waals surface area contributed by atoms with Gasteiger partial charge in [0.05, 0.1) is 30.2 Å². The summed E-state index contributed by atoms with van der Waals surface area (Å²) < 4.78 is 16.5. The standard InChI is InChI=1S/C17H15BrFN5O2/c18-11-3-4-14(13(19)5-11)22-16-15(17(25)23-26-8-10-1-2-10)21-7-12-6-20-9-24(12)16/h3-7,9-10,22H,1-2,8H2,(H,23,25). The first-order valence-corrected chi connectivity index (χ1v) is 8.86. The Kier molecular flexibility index (Phi) is 4.56. The summed E-state index contributed by atoms with van der Waals surface area (Å²) in [7, 11) is 0. The zero-order valence-corrected chi connectivity index (χ0v) is 15.2. The lowest BCUT2D eigenvalue weighted by Crippen LogP contribution is -2.27. The Hall–Kier alpha value is -2.52. The largest absolute Gasteiger partial charge is 0.337 e. The number of nitrogens with zero attached hydrogens (tertiary/aromatic N) is 3. The number of halogens is 2. The minimum absolute atomic E-state index is 0.0774. The summed E-state index contributed by atoms with van der Waals surface area (Å²) in [6, 6.07) is 4.61. The highest BCUT2D eigenvalue weighted by Crippen LogP contribution is 2.29. The molecule has 0 bridgehead atoms. The fourth-order valence-corrected chi connectivity index (χ4v) is 2.79. The molecule has 1 aromatic carbocycles. The van der Waals surface area contributed by atoms with Crippen molar-refractivity contribution in [1.82, 2.24) is 19.8 Å². The van der Waals surface area contributed by atoms with E-state index in [-0.39, 0.29) is 11.4 Å². The van der Waals surface area contributed by atoms with Gasteiger partial charge in [-0.2, -0.15) is 0 Å². The Bertz CT molecular complexity index is 973. The number of carbonyl (C=O) groups excluding carboxylic acids is 1. The minimum atomic E-state index is -0.513. The van der Waals surface area contributed by atoms with Gasteiger partial charge in [-0.1, -0.05) is 15.9 Å². The van der Waals surface area contributed by atoms with Crippen LogP contribution in [-0.4, -0.2) is 26.9 Å². The molecule has 0 atom stereocenters. The normalized spacial score (nSPS) is 13.8. The monoisotopic (exact) mass is 419 g/mol. The molecule has 0 radical (unpaired) electrons. The number of amides is 1. The number of benzene rings is 1. The third-order valence-corrected chi connectivity index (χ3v) is 4.53. The number of hydroxylamine groups is 1. The average molecular weight is 420 g/mol. The predicted octanol–water partition coefficient (Wildman–Crippen LogP) is 3.45. The van der Waals surface area contributed by atoms with E-state index in [0.717, 1.165) is 12.8 Å². The lowest BCUT2D eigenvalue weighted by Gasteiger charge is -2.14. The zero-order chi connectivity index (χ0) is 18.1. The predicted molar refractivity (Wildman–Crippen MR) is 96.5 cm³/mol. The maximum Gasteiger partial charge on any atom is 0.297 e. The second-order valence-electron chi connectivity index (χ2n) is 6.08. The SMILES string of the molecule is O=C(NOCC1CC1)c1ncc2cncn2c1Nc1ccc(Br)cc1F. The van der Waals surface area contributed by atoms with Gasteiger partial charge in [0.15, 0.2) is 5.69 Å². The Labute approximate surface area is 156 Å². The highest BCUT2D eigenvalue weighted by atomic mass is 79.9. The van der Waals surface area contributed by atoms with Gasteiger partial charge in [-0.05, 0) is 37.0 Å². The molecule has 0 aliphatic heterocycles. The maximum atomic E-state index is 14.2. The Balaban J connectivity index is 1.65. The van der Waals surface area contributed by atoms with Crippen LogP contribution in [0.15, 0.2) is 41.4 Å². The van der Waals surface area contributed by atoms with Crippen LogP contribution in [0.1, 0.15) is 23.3 Å². The van der Waals surface area contributed by atoms with Crippen molar-refractivity contribution in [1.29, 1.82) is 0 Å². The number of fused-ring (bicyclic) bond motifs is 1. The average Bonchev–Trinajstić information content (AvgIpc) is 3.31. The molecule has 0 unspecified atom stereocenters. The van der Waals surface area contributed by atoms with Crippen molar-refractivity contribution in [2.45, 2.75) is 12.8 Å². The van der Waals surface area contributed by atoms with Crippen LogP contribution in [0.5, 0.6) is 0 Å². The van der Waals surface area contributed by atoms with E-state index >= 15 is 0 Å². The summed E-state index contributed by atoms with van der Waals surface area (Å²) in [6.07, 6.45) is 6.88. The summed E-state index contributed by atoms with van der Waals surface area (Å²) in [5.74, 6) is -0.170. The van der Waals surface area contributed by atoms with E-state index in [1.54, 1.807) is 22.7 Å². The van der Waals surface area contributed by atoms with E-state index < -0.39 is 11.7 Å². The summed E-state index contributed by atoms with van der Waals surface area (Å²) in [6.45, 7) is 0.475. The molecule has 9 heteroatoms. The second kappa shape index (κ2) is 7.00. The van der Waals surface area contributed by atoms with E-state index in [2.05, 4.69) is 36.7 Å². The van der Waals surface area contributed by atoms with E-state index in [9.17, 15) is 9.18 Å². The molecule has 26 heavy (non-hydrogen) atoms. The molecule has 0 saturated heterocycles. The van der Waals surface area contributed by atoms with Crippen LogP contribution >= 0.6 is 15.9 Å². The van der Waals surface area contributed by atoms with Gasteiger partial charge in [0, 0.05) is 4.47 Å². The molecule has 1 fully saturated rings. The molecule has 7 nitrogen and oxygen atoms in total. The molecule has 1 amide bonds. The van der Waals surface area contributed by atoms with Gasteiger partial charge in [-0.25, -0.2) is 19.8 Å². The Morgan fingerprint density at radius 2 is 2.23 bits per heavy atom. The first-order valence-electron chi connectivity index (χ1n) is 8.07. The van der Waals surface area contributed by atoms with Crippen LogP contribution in [0.2, 0.25) is 0 Å². The number of imidazole rings is 1. The maximum absolute atomic E-state index is 14.2. The number of hydrogen-bond donors (Lipinski definition) is 2. The quantitative estimate of drug-likeness (QED) is 0.598. The van der Waals surface area contributed by atoms with Crippen molar-refractivity contribution < 1.29 is 14.0 Å². The van der Waals surface area contributed by atoms with Crippen molar-refractivity contribution in [3.05, 3.63) is 52.9 Å². The van der Waals surface area contributed by atoms with Gasteiger partial charge in [-0.15, -0.1) is 0 Å². The fourth-order valence-electron chi connectivity index (χ4n) is 2.46. The molecular weight excluding hydrogens is 405 g/mol. The molecule has 2 N–H and O–H groups in total. The lowest BCUT2D eigenvalue weighted by atomic mass is 10.3. The third kappa shape index (κ3) is 3.54. The summed E-state index contributed by atoms with van der Waals surface area (Å²) in [5.41, 5.74) is 3.36. The van der Waals surface area contributed by atoms with Gasteiger partial charge in [0.25, 0.3) is 5.91 Å². The van der Waals surface area contributed by atoms with Crippen molar-refractivity contribution >= 4 is 38.9 Å². The van der Waals surface area contributed by atoms with Crippen LogP contribution in [0.4, 0.5) is 15.9 Å². The highest BCUT2D eigenvalue weighted by molar-refractivity contribution is 9.10. The number of carbonyl (C=O) groups is 1. The molecule has 2 aromatic heterocycles. The number of rotatable bonds is 6. The summed E-state index contributed by atoms with van der Waals surface area (Å²) in [5, 5.41) is 2.94. The smallest absolute Gasteiger partial charge is 0.297 e. The van der Waals surface area contributed by atoms with Crippen molar-refractivity contribution in [2.75, 3.05) is 11.9 Å². The first kappa shape index (κ1) is 16.9. The van der Waals surface area contributed by atoms with Crippen LogP contribution < -0.4 is 10.8 Å². The summed E-state index contributed by atoms with van der Waals surface area (Å²) in [4.78, 5) is 26.0. The van der Waals surface area contributed by atoms with Gasteiger partial charge >= 0.3 is 0 Å². The number of nitrogens with one attached hydrogen (secondary N) is 2. The fraction of sp³-hybridized carbons (Fsp3) is 0.235. The van der Waals surface area contributed by atoms with Gasteiger partial charge in [-0.3, -0.25) is 14.0 Å². The molecule has 2 heterocycles. The topological polar surface area (TPSA) is 80.5 Å². The Morgan fingerprint density at radius 3 is 3.00 bits per heavy atom. The number of aromatic nitrogens is 3. The molecule has 134 valence electrons. The van der Waals surface area contributed by atoms with Crippen LogP contribution in [0.25, 0.3) is 5.52 Å². The van der Waals surface area contributed by atoms with Crippen molar-refractivity contribution in [3.63, 3.8) is 0 Å². The molecular formula is C17H15BrFN5O2. The van der Waals surface area contributed by atoms with Gasteiger partial charge in [0.1, 0.15) is 18.0 Å². The van der Waals surface area contributed by atoms with Gasteiger partial charge in [0.2, 0.25) is 0 Å².